The van der Waals surface area contributed by atoms with Gasteiger partial charge in [0, 0.05) is 0 Å². The van der Waals surface area contributed by atoms with Crippen LogP contribution in [0.1, 0.15) is 23.9 Å². The molecule has 1 heterocycles. The van der Waals surface area contributed by atoms with Crippen LogP contribution in [-0.2, 0) is 6.42 Å². The highest BCUT2D eigenvalue weighted by molar-refractivity contribution is 8.17. The van der Waals surface area contributed by atoms with Gasteiger partial charge >= 0.3 is 0 Å². The van der Waals surface area contributed by atoms with Gasteiger partial charge in [-0.05, 0) is 39.7 Å². The van der Waals surface area contributed by atoms with E-state index in [4.69, 9.17) is 0 Å². The van der Waals surface area contributed by atoms with E-state index in [9.17, 15) is 0 Å². The zero-order valence-corrected chi connectivity index (χ0v) is 8.60. The summed E-state index contributed by atoms with van der Waals surface area (Å²) < 4.78 is 0. The fraction of sp³-hybridized carbons (Fsp3) is 0.667. The molecule has 0 fully saturated rings. The Hall–Kier alpha value is 0.640. The zero-order chi connectivity index (χ0) is 6.69. The Kier molecular flexibility index (Phi) is 3.20. The van der Waals surface area contributed by atoms with Crippen LogP contribution in [0.5, 0.6) is 0 Å². The Morgan fingerprint density at radius 1 is 1.44 bits per heavy atom. The molecule has 3 heteroatoms. The van der Waals surface area contributed by atoms with Crippen molar-refractivity contribution in [3.63, 3.8) is 0 Å². The lowest BCUT2D eigenvalue weighted by Gasteiger charge is -1.91. The average Bonchev–Trinajstić information content (AvgIpc) is 2.18. The van der Waals surface area contributed by atoms with Gasteiger partial charge in [0.2, 0.25) is 0 Å². The molecule has 0 N–H and O–H groups in total. The second-order valence-corrected chi connectivity index (χ2v) is 7.71. The maximum Gasteiger partial charge on any atom is -0.00884 e. The van der Waals surface area contributed by atoms with Crippen molar-refractivity contribution in [2.45, 2.75) is 26.7 Å². The maximum atomic E-state index is 2.28. The molecule has 0 saturated carbocycles. The summed E-state index contributed by atoms with van der Waals surface area (Å²) in [6.07, 6.45) is 2.66. The van der Waals surface area contributed by atoms with Gasteiger partial charge in [-0.25, -0.2) is 0 Å². The van der Waals surface area contributed by atoms with E-state index in [0.717, 1.165) is 7.55 Å². The molecule has 0 aliphatic rings. The lowest BCUT2D eigenvalue weighted by Crippen LogP contribution is -1.75. The zero-order valence-electron chi connectivity index (χ0n) is 5.81. The molecule has 0 bridgehead atoms. The van der Waals surface area contributed by atoms with Crippen molar-refractivity contribution in [3.8, 4) is 0 Å². The second kappa shape index (κ2) is 3.72. The van der Waals surface area contributed by atoms with Crippen LogP contribution in [0.3, 0.4) is 0 Å². The summed E-state index contributed by atoms with van der Waals surface area (Å²) in [6.45, 7) is 4.54. The van der Waals surface area contributed by atoms with Crippen LogP contribution in [0.4, 0.5) is 0 Å². The molecule has 0 aliphatic carbocycles. The van der Waals surface area contributed by atoms with Gasteiger partial charge in [-0.3, -0.25) is 0 Å². The van der Waals surface area contributed by atoms with Gasteiger partial charge in [0.05, 0.1) is 0 Å². The number of rotatable bonds is 2. The predicted molar refractivity (Wildman–Crippen MR) is 49.7 cm³/mol. The van der Waals surface area contributed by atoms with Crippen molar-refractivity contribution < 1.29 is 0 Å². The highest BCUT2D eigenvalue weighted by Crippen LogP contribution is 2.41. The fourth-order valence-electron chi connectivity index (χ4n) is 0.779. The lowest BCUT2D eigenvalue weighted by molar-refractivity contribution is 0.936. The first kappa shape index (κ1) is 7.74. The predicted octanol–water partition coefficient (Wildman–Crippen LogP) is 4.14. The van der Waals surface area contributed by atoms with Crippen LogP contribution in [0.2, 0.25) is 0 Å². The van der Waals surface area contributed by atoms with Crippen LogP contribution >= 0.6 is 23.3 Å². The number of aryl methyl sites for hydroxylation is 2. The Morgan fingerprint density at radius 3 is 2.67 bits per heavy atom. The van der Waals surface area contributed by atoms with Crippen LogP contribution in [0.25, 0.3) is 0 Å². The molecular formula is C6H11P3. The van der Waals surface area contributed by atoms with E-state index >= 15 is 0 Å². The quantitative estimate of drug-likeness (QED) is 0.635. The maximum absolute atomic E-state index is 2.28. The minimum Gasteiger partial charge on any atom is -0.0813 e. The van der Waals surface area contributed by atoms with Crippen LogP contribution < -0.4 is 0 Å². The average molecular weight is 176 g/mol. The van der Waals surface area contributed by atoms with E-state index in [1.54, 1.807) is 26.3 Å². The molecule has 0 nitrogen and oxygen atoms in total. The summed E-state index contributed by atoms with van der Waals surface area (Å²) in [5.41, 5.74) is 0. The minimum atomic E-state index is 1.15. The van der Waals surface area contributed by atoms with Crippen molar-refractivity contribution in [2.24, 2.45) is 0 Å². The van der Waals surface area contributed by atoms with E-state index in [1.165, 1.54) is 12.8 Å². The highest BCUT2D eigenvalue weighted by atomic mass is 32.1. The molecule has 1 aromatic heterocycles. The molecule has 0 aromatic carbocycles. The second-order valence-electron chi connectivity index (χ2n) is 2.11. The van der Waals surface area contributed by atoms with Gasteiger partial charge in [-0.2, -0.15) is 0 Å². The molecule has 50 valence electrons. The van der Waals surface area contributed by atoms with E-state index < -0.39 is 0 Å². The summed E-state index contributed by atoms with van der Waals surface area (Å²) in [5.74, 6) is 0. The third kappa shape index (κ3) is 2.05. The molecule has 1 unspecified atom stereocenters. The highest BCUT2D eigenvalue weighted by Gasteiger charge is 1.95. The number of hydrogen-bond acceptors (Lipinski definition) is 0. The Morgan fingerprint density at radius 2 is 2.22 bits per heavy atom. The third-order valence-electron chi connectivity index (χ3n) is 1.31. The molecule has 1 atom stereocenters. The summed E-state index contributed by atoms with van der Waals surface area (Å²) in [4.78, 5) is 0. The molecule has 0 radical (unpaired) electrons. The van der Waals surface area contributed by atoms with Gasteiger partial charge in [0.25, 0.3) is 0 Å². The molecule has 1 aromatic rings. The first-order valence-corrected chi connectivity index (χ1v) is 7.68. The molecule has 0 amide bonds. The van der Waals surface area contributed by atoms with Gasteiger partial charge in [-0.15, -0.1) is 0 Å². The molecule has 0 aliphatic heterocycles. The standard InChI is InChI=1S/C6H11P3/c1-3-4-6-5(2)7-9-8-6/h9H,3-4H2,1-2H3. The fourth-order valence-corrected chi connectivity index (χ4v) is 7.79. The SMILES string of the molecule is CCCc1p[pH]pc1C. The van der Waals surface area contributed by atoms with E-state index in [1.807, 2.05) is 0 Å². The Labute approximate surface area is 61.2 Å². The molecule has 1 rings (SSSR count). The van der Waals surface area contributed by atoms with Crippen molar-refractivity contribution in [1.29, 1.82) is 0 Å². The van der Waals surface area contributed by atoms with Crippen LogP contribution in [0.15, 0.2) is 0 Å². The van der Waals surface area contributed by atoms with Crippen molar-refractivity contribution in [1.82, 2.24) is 0 Å². The van der Waals surface area contributed by atoms with Crippen molar-refractivity contribution in [2.75, 3.05) is 0 Å². The summed E-state index contributed by atoms with van der Waals surface area (Å²) in [7, 11) is 4.38. The summed E-state index contributed by atoms with van der Waals surface area (Å²) >= 11 is 0. The van der Waals surface area contributed by atoms with Crippen molar-refractivity contribution in [3.05, 3.63) is 10.6 Å². The first-order chi connectivity index (χ1) is 4.34. The minimum absolute atomic E-state index is 1.15. The largest absolute Gasteiger partial charge is 0.0813 e. The van der Waals surface area contributed by atoms with Gasteiger partial charge in [0.15, 0.2) is 0 Å². The lowest BCUT2D eigenvalue weighted by atomic mass is 10.3. The topological polar surface area (TPSA) is 0 Å². The molecule has 9 heavy (non-hydrogen) atoms. The third-order valence-corrected chi connectivity index (χ3v) is 7.33. The monoisotopic (exact) mass is 176 g/mol. The Bertz CT molecular complexity index is 180. The van der Waals surface area contributed by atoms with Crippen LogP contribution in [-0.4, -0.2) is 0 Å². The van der Waals surface area contributed by atoms with Crippen molar-refractivity contribution >= 4 is 23.3 Å². The number of hydrogen-bond donors (Lipinski definition) is 0. The smallest absolute Gasteiger partial charge is 0.00884 e. The van der Waals surface area contributed by atoms with Gasteiger partial charge in [-0.1, -0.05) is 20.9 Å². The summed E-state index contributed by atoms with van der Waals surface area (Å²) in [6, 6.07) is 0. The summed E-state index contributed by atoms with van der Waals surface area (Å²) in [5, 5.41) is 3.37. The van der Waals surface area contributed by atoms with E-state index in [-0.39, 0.29) is 0 Å². The van der Waals surface area contributed by atoms with E-state index in [0.29, 0.717) is 0 Å². The van der Waals surface area contributed by atoms with Crippen LogP contribution in [0, 0.1) is 6.92 Å². The molecule has 0 spiro atoms. The molecule has 0 saturated heterocycles. The van der Waals surface area contributed by atoms with Gasteiger partial charge in [0.1, 0.15) is 0 Å². The molecular weight excluding hydrogens is 165 g/mol. The Balaban J connectivity index is 2.69. The van der Waals surface area contributed by atoms with E-state index in [2.05, 4.69) is 13.8 Å². The van der Waals surface area contributed by atoms with Gasteiger partial charge < -0.3 is 0 Å². The normalized spacial score (nSPS) is 12.7. The first-order valence-electron chi connectivity index (χ1n) is 3.21.